The molecule has 0 saturated carbocycles. The number of nitrogen functional groups attached to an aromatic ring is 1. The number of nitrogens with zero attached hydrogens (tertiary/aromatic N) is 2. The molecular weight excluding hydrogens is 352 g/mol. The van der Waals surface area contributed by atoms with Gasteiger partial charge in [-0.15, -0.1) is 10.2 Å². The molecule has 0 aliphatic carbocycles. The van der Waals surface area contributed by atoms with Gasteiger partial charge in [-0.05, 0) is 37.1 Å². The number of benzene rings is 1. The molecule has 6 nitrogen and oxygen atoms in total. The van der Waals surface area contributed by atoms with E-state index in [9.17, 15) is 8.42 Å². The maximum absolute atomic E-state index is 12.1. The lowest BCUT2D eigenvalue weighted by molar-refractivity contribution is 0.599. The SMILES string of the molecule is Cc1cc(Br)cc(C)c1NS(=O)(=O)c1nnc(N)s1. The summed E-state index contributed by atoms with van der Waals surface area (Å²) in [5.41, 5.74) is 7.56. The van der Waals surface area contributed by atoms with Crippen LogP contribution in [0.2, 0.25) is 0 Å². The Balaban J connectivity index is 2.41. The van der Waals surface area contributed by atoms with Crippen LogP contribution in [0.5, 0.6) is 0 Å². The first-order valence-corrected chi connectivity index (χ1v) is 8.27. The van der Waals surface area contributed by atoms with Gasteiger partial charge in [-0.1, -0.05) is 27.3 Å². The number of nitrogens with one attached hydrogen (secondary N) is 1. The predicted octanol–water partition coefficient (Wildman–Crippen LogP) is 2.30. The van der Waals surface area contributed by atoms with Gasteiger partial charge in [0.2, 0.25) is 5.13 Å². The van der Waals surface area contributed by atoms with E-state index in [-0.39, 0.29) is 9.47 Å². The molecule has 3 N–H and O–H groups in total. The topological polar surface area (TPSA) is 98.0 Å². The summed E-state index contributed by atoms with van der Waals surface area (Å²) in [6, 6.07) is 3.67. The van der Waals surface area contributed by atoms with Crippen molar-refractivity contribution in [2.24, 2.45) is 0 Å². The minimum atomic E-state index is -3.75. The molecule has 102 valence electrons. The Morgan fingerprint density at radius 2 is 1.84 bits per heavy atom. The molecule has 0 spiro atoms. The van der Waals surface area contributed by atoms with Gasteiger partial charge in [0, 0.05) is 4.47 Å². The fourth-order valence-corrected chi connectivity index (χ4v) is 4.25. The molecule has 2 rings (SSSR count). The normalized spacial score (nSPS) is 11.5. The largest absolute Gasteiger partial charge is 0.374 e. The second-order valence-electron chi connectivity index (χ2n) is 3.93. The highest BCUT2D eigenvalue weighted by molar-refractivity contribution is 9.10. The number of aromatic nitrogens is 2. The van der Waals surface area contributed by atoms with Crippen LogP contribution >= 0.6 is 27.3 Å². The van der Waals surface area contributed by atoms with Gasteiger partial charge in [0.1, 0.15) is 0 Å². The minimum absolute atomic E-state index is 0.115. The van der Waals surface area contributed by atoms with Crippen molar-refractivity contribution in [3.63, 3.8) is 0 Å². The number of hydrogen-bond acceptors (Lipinski definition) is 6. The molecule has 0 bridgehead atoms. The molecule has 0 saturated heterocycles. The smallest absolute Gasteiger partial charge is 0.291 e. The zero-order valence-electron chi connectivity index (χ0n) is 10.1. The van der Waals surface area contributed by atoms with E-state index in [1.54, 1.807) is 0 Å². The molecule has 1 aromatic carbocycles. The quantitative estimate of drug-likeness (QED) is 0.872. The average molecular weight is 363 g/mol. The fraction of sp³-hybridized carbons (Fsp3) is 0.200. The molecule has 2 aromatic rings. The second-order valence-corrected chi connectivity index (χ2v) is 7.71. The predicted molar refractivity (Wildman–Crippen MR) is 78.7 cm³/mol. The molecule has 1 aromatic heterocycles. The van der Waals surface area contributed by atoms with Crippen LogP contribution in [0.3, 0.4) is 0 Å². The van der Waals surface area contributed by atoms with Crippen LogP contribution in [0.25, 0.3) is 0 Å². The summed E-state index contributed by atoms with van der Waals surface area (Å²) in [6.07, 6.45) is 0. The molecule has 9 heteroatoms. The highest BCUT2D eigenvalue weighted by atomic mass is 79.9. The van der Waals surface area contributed by atoms with Crippen molar-refractivity contribution >= 4 is 48.1 Å². The summed E-state index contributed by atoms with van der Waals surface area (Å²) >= 11 is 4.19. The number of halogens is 1. The van der Waals surface area contributed by atoms with Crippen molar-refractivity contribution in [3.8, 4) is 0 Å². The lowest BCUT2D eigenvalue weighted by Crippen LogP contribution is -2.14. The summed E-state index contributed by atoms with van der Waals surface area (Å²) < 4.78 is 27.5. The highest BCUT2D eigenvalue weighted by Gasteiger charge is 2.21. The van der Waals surface area contributed by atoms with Crippen LogP contribution in [0, 0.1) is 13.8 Å². The number of nitrogens with two attached hydrogens (primary N) is 1. The van der Waals surface area contributed by atoms with Gasteiger partial charge in [-0.3, -0.25) is 4.72 Å². The maximum Gasteiger partial charge on any atom is 0.291 e. The average Bonchev–Trinajstić information content (AvgIpc) is 2.71. The zero-order chi connectivity index (χ0) is 14.2. The van der Waals surface area contributed by atoms with Gasteiger partial charge < -0.3 is 5.73 Å². The number of sulfonamides is 1. The zero-order valence-corrected chi connectivity index (χ0v) is 13.4. The summed E-state index contributed by atoms with van der Waals surface area (Å²) in [4.78, 5) is 0. The number of rotatable bonds is 3. The number of anilines is 2. The van der Waals surface area contributed by atoms with Gasteiger partial charge in [-0.2, -0.15) is 8.42 Å². The van der Waals surface area contributed by atoms with Crippen molar-refractivity contribution in [2.45, 2.75) is 18.2 Å². The summed E-state index contributed by atoms with van der Waals surface area (Å²) in [5, 5.41) is 7.16. The van der Waals surface area contributed by atoms with Crippen molar-refractivity contribution in [2.75, 3.05) is 10.5 Å². The lowest BCUT2D eigenvalue weighted by Gasteiger charge is -2.12. The molecule has 1 heterocycles. The summed E-state index contributed by atoms with van der Waals surface area (Å²) in [6.45, 7) is 3.65. The minimum Gasteiger partial charge on any atom is -0.374 e. The van der Waals surface area contributed by atoms with Gasteiger partial charge in [0.05, 0.1) is 5.69 Å². The van der Waals surface area contributed by atoms with Gasteiger partial charge >= 0.3 is 0 Å². The monoisotopic (exact) mass is 362 g/mol. The van der Waals surface area contributed by atoms with E-state index in [1.165, 1.54) is 0 Å². The van der Waals surface area contributed by atoms with E-state index < -0.39 is 10.0 Å². The van der Waals surface area contributed by atoms with Crippen LogP contribution in [0.4, 0.5) is 10.8 Å². The molecule has 0 amide bonds. The Morgan fingerprint density at radius 3 is 2.32 bits per heavy atom. The van der Waals surface area contributed by atoms with Crippen molar-refractivity contribution < 1.29 is 8.42 Å². The van der Waals surface area contributed by atoms with Crippen molar-refractivity contribution in [3.05, 3.63) is 27.7 Å². The van der Waals surface area contributed by atoms with E-state index in [1.807, 2.05) is 26.0 Å². The molecule has 0 aliphatic heterocycles. The second kappa shape index (κ2) is 5.06. The molecule has 0 aliphatic rings. The number of aryl methyl sites for hydroxylation is 2. The molecule has 19 heavy (non-hydrogen) atoms. The Hall–Kier alpha value is -1.19. The van der Waals surface area contributed by atoms with Crippen molar-refractivity contribution in [1.29, 1.82) is 0 Å². The maximum atomic E-state index is 12.1. The Bertz CT molecular complexity index is 704. The third kappa shape index (κ3) is 3.04. The fourth-order valence-electron chi connectivity index (χ4n) is 1.58. The molecule has 0 unspecified atom stereocenters. The van der Waals surface area contributed by atoms with Crippen LogP contribution in [-0.2, 0) is 10.0 Å². The highest BCUT2D eigenvalue weighted by Crippen LogP contribution is 2.28. The van der Waals surface area contributed by atoms with Crippen LogP contribution in [0.15, 0.2) is 20.9 Å². The van der Waals surface area contributed by atoms with E-state index in [2.05, 4.69) is 30.8 Å². The Labute approximate surface area is 123 Å². The van der Waals surface area contributed by atoms with Gasteiger partial charge in [0.15, 0.2) is 0 Å². The van der Waals surface area contributed by atoms with Crippen LogP contribution in [0.1, 0.15) is 11.1 Å². The first kappa shape index (κ1) is 14.2. The first-order chi connectivity index (χ1) is 8.79. The van der Waals surface area contributed by atoms with E-state index in [4.69, 9.17) is 5.73 Å². The summed E-state index contributed by atoms with van der Waals surface area (Å²) in [5.74, 6) is 0. The third-order valence-electron chi connectivity index (χ3n) is 2.39. The molecular formula is C10H11BrN4O2S2. The van der Waals surface area contributed by atoms with Crippen LogP contribution in [-0.4, -0.2) is 18.6 Å². The molecule has 0 fully saturated rings. The Kier molecular flexibility index (Phi) is 3.79. The standard InChI is InChI=1S/C10H11BrN4O2S2/c1-5-3-7(11)4-6(2)8(5)15-19(16,17)10-14-13-9(12)18-10/h3-4,15H,1-2H3,(H2,12,13). The van der Waals surface area contributed by atoms with Crippen molar-refractivity contribution in [1.82, 2.24) is 10.2 Å². The molecule has 0 atom stereocenters. The molecule has 0 radical (unpaired) electrons. The Morgan fingerprint density at radius 1 is 1.26 bits per heavy atom. The van der Waals surface area contributed by atoms with E-state index in [0.717, 1.165) is 26.9 Å². The van der Waals surface area contributed by atoms with Crippen LogP contribution < -0.4 is 10.5 Å². The van der Waals surface area contributed by atoms with Gasteiger partial charge in [-0.25, -0.2) is 0 Å². The first-order valence-electron chi connectivity index (χ1n) is 5.18. The third-order valence-corrected chi connectivity index (χ3v) is 5.31. The summed E-state index contributed by atoms with van der Waals surface area (Å²) in [7, 11) is -3.75. The number of hydrogen-bond donors (Lipinski definition) is 2. The lowest BCUT2D eigenvalue weighted by atomic mass is 10.1. The van der Waals surface area contributed by atoms with Gasteiger partial charge in [0.25, 0.3) is 14.4 Å². The van der Waals surface area contributed by atoms with E-state index >= 15 is 0 Å². The van der Waals surface area contributed by atoms with E-state index in [0.29, 0.717) is 5.69 Å².